The highest BCUT2D eigenvalue weighted by molar-refractivity contribution is 5.94. The van der Waals surface area contributed by atoms with Crippen molar-refractivity contribution in [3.8, 4) is 0 Å². The molecule has 0 fully saturated rings. The number of aryl methyl sites for hydroxylation is 1. The number of amides is 1. The normalized spacial score (nSPS) is 12.3. The first-order valence-electron chi connectivity index (χ1n) is 10.00. The quantitative estimate of drug-likeness (QED) is 0.665. The highest BCUT2D eigenvalue weighted by atomic mass is 16.1. The Bertz CT molecular complexity index is 781. The van der Waals surface area contributed by atoms with Crippen molar-refractivity contribution in [2.45, 2.75) is 78.2 Å². The first-order chi connectivity index (χ1) is 12.5. The van der Waals surface area contributed by atoms with E-state index in [-0.39, 0.29) is 22.8 Å². The van der Waals surface area contributed by atoms with Gasteiger partial charge in [-0.25, -0.2) is 0 Å². The molecule has 0 aliphatic heterocycles. The largest absolute Gasteiger partial charge is 0.350 e. The molecule has 0 atom stereocenters. The lowest BCUT2D eigenvalue weighted by Crippen LogP contribution is -2.30. The fourth-order valence-corrected chi connectivity index (χ4v) is 3.22. The summed E-state index contributed by atoms with van der Waals surface area (Å²) < 4.78 is 0. The van der Waals surface area contributed by atoms with Crippen molar-refractivity contribution in [2.24, 2.45) is 0 Å². The zero-order valence-electron chi connectivity index (χ0n) is 18.0. The summed E-state index contributed by atoms with van der Waals surface area (Å²) in [6.07, 6.45) is 2.06. The molecule has 2 aromatic rings. The summed E-state index contributed by atoms with van der Waals surface area (Å²) in [7, 11) is 0. The van der Waals surface area contributed by atoms with Gasteiger partial charge in [-0.2, -0.15) is 0 Å². The first kappa shape index (κ1) is 21.2. The molecule has 0 aliphatic rings. The third-order valence-corrected chi connectivity index (χ3v) is 5.16. The van der Waals surface area contributed by atoms with E-state index in [0.717, 1.165) is 18.4 Å². The van der Waals surface area contributed by atoms with Crippen molar-refractivity contribution >= 4 is 5.91 Å². The lowest BCUT2D eigenvalue weighted by Gasteiger charge is -2.26. The van der Waals surface area contributed by atoms with Gasteiger partial charge in [-0.15, -0.1) is 0 Å². The molecule has 27 heavy (non-hydrogen) atoms. The third kappa shape index (κ3) is 5.95. The topological polar surface area (TPSA) is 29.1 Å². The van der Waals surface area contributed by atoms with Crippen LogP contribution in [-0.2, 0) is 17.3 Å². The minimum absolute atomic E-state index is 0.000489. The smallest absolute Gasteiger partial charge is 0.251 e. The molecule has 0 bridgehead atoms. The maximum Gasteiger partial charge on any atom is 0.251 e. The molecule has 1 N–H and O–H groups in total. The Labute approximate surface area is 165 Å². The van der Waals surface area contributed by atoms with Gasteiger partial charge in [-0.05, 0) is 66.3 Å². The Morgan fingerprint density at radius 3 is 2.19 bits per heavy atom. The minimum Gasteiger partial charge on any atom is -0.350 e. The van der Waals surface area contributed by atoms with Crippen molar-refractivity contribution in [3.63, 3.8) is 0 Å². The number of hydrogen-bond donors (Lipinski definition) is 1. The van der Waals surface area contributed by atoms with E-state index in [1.54, 1.807) is 0 Å². The van der Waals surface area contributed by atoms with Gasteiger partial charge in [0.15, 0.2) is 0 Å². The summed E-state index contributed by atoms with van der Waals surface area (Å²) in [5.41, 5.74) is 4.89. The number of benzene rings is 2. The second kappa shape index (κ2) is 8.29. The van der Waals surface area contributed by atoms with Gasteiger partial charge >= 0.3 is 0 Å². The molecular weight excluding hydrogens is 330 g/mol. The molecule has 2 nitrogen and oxygen atoms in total. The van der Waals surface area contributed by atoms with Crippen LogP contribution in [0, 0.1) is 0 Å². The predicted octanol–water partition coefficient (Wildman–Crippen LogP) is 6.03. The molecular formula is C25H35NO. The van der Waals surface area contributed by atoms with Crippen molar-refractivity contribution in [1.82, 2.24) is 5.32 Å². The van der Waals surface area contributed by atoms with E-state index in [9.17, 15) is 4.79 Å². The molecule has 0 radical (unpaired) electrons. The number of carbonyl (C=O) groups is 1. The molecule has 0 aromatic heterocycles. The van der Waals surface area contributed by atoms with Crippen molar-refractivity contribution in [3.05, 3.63) is 70.8 Å². The van der Waals surface area contributed by atoms with E-state index in [2.05, 4.69) is 70.3 Å². The zero-order valence-corrected chi connectivity index (χ0v) is 18.0. The molecule has 2 rings (SSSR count). The summed E-state index contributed by atoms with van der Waals surface area (Å²) in [4.78, 5) is 12.3. The average Bonchev–Trinajstić information content (AvgIpc) is 2.59. The van der Waals surface area contributed by atoms with E-state index in [0.29, 0.717) is 0 Å². The standard InChI is InChI=1S/C25H35NO/c1-18(2)26-23(27)20-11-9-13-22(17-20)25(6,7)15-14-19-10-8-12-21(16-19)24(3,4)5/h8-13,16-18H,14-15H2,1-7H3,(H,26,27). The summed E-state index contributed by atoms with van der Waals surface area (Å²) in [6.45, 7) is 15.3. The van der Waals surface area contributed by atoms with Crippen LogP contribution in [0.5, 0.6) is 0 Å². The van der Waals surface area contributed by atoms with E-state index < -0.39 is 0 Å². The predicted molar refractivity (Wildman–Crippen MR) is 116 cm³/mol. The maximum atomic E-state index is 12.3. The summed E-state index contributed by atoms with van der Waals surface area (Å²) >= 11 is 0. The third-order valence-electron chi connectivity index (χ3n) is 5.16. The molecule has 0 unspecified atom stereocenters. The van der Waals surface area contributed by atoms with Crippen LogP contribution in [0.15, 0.2) is 48.5 Å². The zero-order chi connectivity index (χ0) is 20.2. The van der Waals surface area contributed by atoms with Gasteiger partial charge in [-0.3, -0.25) is 4.79 Å². The van der Waals surface area contributed by atoms with Crippen molar-refractivity contribution < 1.29 is 4.79 Å². The van der Waals surface area contributed by atoms with Gasteiger partial charge in [0, 0.05) is 11.6 Å². The van der Waals surface area contributed by atoms with Crippen LogP contribution >= 0.6 is 0 Å². The summed E-state index contributed by atoms with van der Waals surface area (Å²) in [5, 5.41) is 2.98. The Morgan fingerprint density at radius 1 is 0.926 bits per heavy atom. The van der Waals surface area contributed by atoms with Gasteiger partial charge in [0.25, 0.3) is 5.91 Å². The van der Waals surface area contributed by atoms with Crippen LogP contribution in [0.4, 0.5) is 0 Å². The first-order valence-corrected chi connectivity index (χ1v) is 10.00. The highest BCUT2D eigenvalue weighted by Crippen LogP contribution is 2.30. The summed E-state index contributed by atoms with van der Waals surface area (Å²) in [6, 6.07) is 17.1. The fraction of sp³-hybridized carbons (Fsp3) is 0.480. The maximum absolute atomic E-state index is 12.3. The molecule has 146 valence electrons. The monoisotopic (exact) mass is 365 g/mol. The van der Waals surface area contributed by atoms with Crippen LogP contribution in [0.25, 0.3) is 0 Å². The van der Waals surface area contributed by atoms with Crippen LogP contribution in [0.3, 0.4) is 0 Å². The lowest BCUT2D eigenvalue weighted by atomic mass is 9.78. The molecule has 2 aromatic carbocycles. The fourth-order valence-electron chi connectivity index (χ4n) is 3.22. The van der Waals surface area contributed by atoms with Gasteiger partial charge in [0.05, 0.1) is 0 Å². The van der Waals surface area contributed by atoms with Gasteiger partial charge in [0.1, 0.15) is 0 Å². The van der Waals surface area contributed by atoms with Gasteiger partial charge < -0.3 is 5.32 Å². The van der Waals surface area contributed by atoms with Crippen LogP contribution in [0.2, 0.25) is 0 Å². The Morgan fingerprint density at radius 2 is 1.56 bits per heavy atom. The van der Waals surface area contributed by atoms with E-state index >= 15 is 0 Å². The molecule has 0 saturated heterocycles. The van der Waals surface area contributed by atoms with Crippen LogP contribution < -0.4 is 5.32 Å². The molecule has 0 spiro atoms. The minimum atomic E-state index is 0.000489. The number of nitrogens with one attached hydrogen (secondary N) is 1. The van der Waals surface area contributed by atoms with Gasteiger partial charge in [-0.1, -0.05) is 71.0 Å². The van der Waals surface area contributed by atoms with E-state index in [1.807, 2.05) is 32.0 Å². The number of hydrogen-bond acceptors (Lipinski definition) is 1. The Balaban J connectivity index is 2.14. The van der Waals surface area contributed by atoms with E-state index in [1.165, 1.54) is 16.7 Å². The molecule has 2 heteroatoms. The van der Waals surface area contributed by atoms with Crippen molar-refractivity contribution in [1.29, 1.82) is 0 Å². The van der Waals surface area contributed by atoms with Gasteiger partial charge in [0.2, 0.25) is 0 Å². The second-order valence-corrected chi connectivity index (χ2v) is 9.54. The lowest BCUT2D eigenvalue weighted by molar-refractivity contribution is 0.0943. The number of carbonyl (C=O) groups excluding carboxylic acids is 1. The number of rotatable bonds is 6. The van der Waals surface area contributed by atoms with Crippen LogP contribution in [-0.4, -0.2) is 11.9 Å². The molecule has 1 amide bonds. The van der Waals surface area contributed by atoms with Crippen molar-refractivity contribution in [2.75, 3.05) is 0 Å². The second-order valence-electron chi connectivity index (χ2n) is 9.54. The molecule has 0 heterocycles. The Hall–Kier alpha value is -2.09. The molecule has 0 aliphatic carbocycles. The highest BCUT2D eigenvalue weighted by Gasteiger charge is 2.22. The Kier molecular flexibility index (Phi) is 6.51. The summed E-state index contributed by atoms with van der Waals surface area (Å²) in [5.74, 6) is 0.000489. The van der Waals surface area contributed by atoms with Crippen LogP contribution in [0.1, 0.15) is 81.9 Å². The SMILES string of the molecule is CC(C)NC(=O)c1cccc(C(C)(C)CCc2cccc(C(C)(C)C)c2)c1. The van der Waals surface area contributed by atoms with E-state index in [4.69, 9.17) is 0 Å². The average molecular weight is 366 g/mol. The molecule has 0 saturated carbocycles.